The van der Waals surface area contributed by atoms with E-state index in [0.717, 1.165) is 30.7 Å². The Bertz CT molecular complexity index is 521. The van der Waals surface area contributed by atoms with E-state index in [-0.39, 0.29) is 24.0 Å². The van der Waals surface area contributed by atoms with Gasteiger partial charge in [0.25, 0.3) is 0 Å². The van der Waals surface area contributed by atoms with Crippen molar-refractivity contribution in [3.63, 3.8) is 0 Å². The van der Waals surface area contributed by atoms with Crippen molar-refractivity contribution in [2.45, 2.75) is 26.3 Å². The summed E-state index contributed by atoms with van der Waals surface area (Å²) in [5.74, 6) is 2.57. The number of halogens is 1. The molecule has 6 heteroatoms. The molecule has 1 aromatic carbocycles. The molecule has 0 aliphatic carbocycles. The maximum absolute atomic E-state index is 5.21. The monoisotopic (exact) mass is 460 g/mol. The molecule has 2 rings (SSSR count). The summed E-state index contributed by atoms with van der Waals surface area (Å²) in [6.07, 6.45) is 2.53. The van der Waals surface area contributed by atoms with Crippen molar-refractivity contribution in [2.24, 2.45) is 10.9 Å². The number of likely N-dealkylation sites (tertiary alicyclic amines) is 1. The maximum Gasteiger partial charge on any atom is 0.193 e. The highest BCUT2D eigenvalue weighted by Crippen LogP contribution is 2.16. The van der Waals surface area contributed by atoms with Gasteiger partial charge in [0.15, 0.2) is 5.96 Å². The predicted octanol–water partition coefficient (Wildman–Crippen LogP) is 3.05. The summed E-state index contributed by atoms with van der Waals surface area (Å²) in [6, 6.07) is 8.20. The number of hydrogen-bond donors (Lipinski definition) is 1. The maximum atomic E-state index is 5.21. The second kappa shape index (κ2) is 11.6. The topological polar surface area (TPSA) is 40.1 Å². The van der Waals surface area contributed by atoms with Crippen molar-refractivity contribution in [3.8, 4) is 5.75 Å². The van der Waals surface area contributed by atoms with Gasteiger partial charge in [-0.1, -0.05) is 19.1 Å². The van der Waals surface area contributed by atoms with E-state index in [1.54, 1.807) is 7.11 Å². The van der Waals surface area contributed by atoms with Crippen LogP contribution in [0.5, 0.6) is 5.75 Å². The Kier molecular flexibility index (Phi) is 10.2. The van der Waals surface area contributed by atoms with Gasteiger partial charge in [0.1, 0.15) is 5.75 Å². The Hall–Kier alpha value is -1.02. The Morgan fingerprint density at radius 1 is 1.36 bits per heavy atom. The molecule has 0 bridgehead atoms. The zero-order valence-corrected chi connectivity index (χ0v) is 18.3. The number of methoxy groups -OCH3 is 1. The van der Waals surface area contributed by atoms with Gasteiger partial charge in [0.2, 0.25) is 0 Å². The van der Waals surface area contributed by atoms with Gasteiger partial charge in [-0.15, -0.1) is 24.0 Å². The highest BCUT2D eigenvalue weighted by atomic mass is 127. The average Bonchev–Trinajstić information content (AvgIpc) is 3.04. The fourth-order valence-electron chi connectivity index (χ4n) is 3.30. The molecule has 1 atom stereocenters. The van der Waals surface area contributed by atoms with Crippen molar-refractivity contribution in [3.05, 3.63) is 29.8 Å². The van der Waals surface area contributed by atoms with E-state index in [9.17, 15) is 0 Å². The van der Waals surface area contributed by atoms with Crippen LogP contribution in [-0.2, 0) is 6.54 Å². The Balaban J connectivity index is 0.00000312. The third-order valence-electron chi connectivity index (χ3n) is 4.61. The summed E-state index contributed by atoms with van der Waals surface area (Å²) in [5, 5.41) is 3.54. The number of ether oxygens (including phenoxy) is 1. The number of nitrogens with one attached hydrogen (secondary N) is 1. The summed E-state index contributed by atoms with van der Waals surface area (Å²) in [6.45, 7) is 7.75. The van der Waals surface area contributed by atoms with Gasteiger partial charge in [0.05, 0.1) is 7.11 Å². The number of nitrogens with zero attached hydrogens (tertiary/aromatic N) is 3. The summed E-state index contributed by atoms with van der Waals surface area (Å²) >= 11 is 0. The van der Waals surface area contributed by atoms with Gasteiger partial charge >= 0.3 is 0 Å². The normalized spacial score (nSPS) is 17.9. The van der Waals surface area contributed by atoms with Gasteiger partial charge in [-0.05, 0) is 49.5 Å². The van der Waals surface area contributed by atoms with E-state index < -0.39 is 0 Å². The fraction of sp³-hybridized carbons (Fsp3) is 0.632. The van der Waals surface area contributed by atoms with E-state index in [1.165, 1.54) is 38.0 Å². The molecular weight excluding hydrogens is 427 g/mol. The van der Waals surface area contributed by atoms with Crippen molar-refractivity contribution in [1.82, 2.24) is 15.1 Å². The molecule has 0 amide bonds. The van der Waals surface area contributed by atoms with E-state index in [2.05, 4.69) is 46.2 Å². The van der Waals surface area contributed by atoms with Crippen LogP contribution in [0.4, 0.5) is 0 Å². The predicted molar refractivity (Wildman–Crippen MR) is 116 cm³/mol. The number of rotatable bonds is 7. The van der Waals surface area contributed by atoms with Crippen LogP contribution in [0, 0.1) is 5.92 Å². The molecular formula is C19H33IN4O. The zero-order chi connectivity index (χ0) is 17.4. The second-order valence-electron chi connectivity index (χ2n) is 6.59. The van der Waals surface area contributed by atoms with Gasteiger partial charge in [-0.2, -0.15) is 0 Å². The SMILES string of the molecule is CCCN1CCC(CNC(=NC)N(C)Cc2ccc(OC)cc2)C1.I. The third kappa shape index (κ3) is 7.01. The average molecular weight is 460 g/mol. The quantitative estimate of drug-likeness (QED) is 0.386. The molecule has 1 N–H and O–H groups in total. The van der Waals surface area contributed by atoms with Crippen molar-refractivity contribution < 1.29 is 4.74 Å². The van der Waals surface area contributed by atoms with Crippen LogP contribution < -0.4 is 10.1 Å². The minimum Gasteiger partial charge on any atom is -0.497 e. The smallest absolute Gasteiger partial charge is 0.193 e. The lowest BCUT2D eigenvalue weighted by Crippen LogP contribution is -2.41. The molecule has 0 radical (unpaired) electrons. The van der Waals surface area contributed by atoms with Crippen LogP contribution in [0.15, 0.2) is 29.3 Å². The summed E-state index contributed by atoms with van der Waals surface area (Å²) in [5.41, 5.74) is 1.25. The molecule has 5 nitrogen and oxygen atoms in total. The highest BCUT2D eigenvalue weighted by Gasteiger charge is 2.22. The Labute approximate surface area is 169 Å². The fourth-order valence-corrected chi connectivity index (χ4v) is 3.30. The molecule has 1 saturated heterocycles. The first-order valence-corrected chi connectivity index (χ1v) is 8.93. The lowest BCUT2D eigenvalue weighted by Gasteiger charge is -2.24. The molecule has 142 valence electrons. The molecule has 0 saturated carbocycles. The van der Waals surface area contributed by atoms with Crippen LogP contribution >= 0.6 is 24.0 Å². The molecule has 1 aromatic rings. The zero-order valence-electron chi connectivity index (χ0n) is 16.0. The lowest BCUT2D eigenvalue weighted by atomic mass is 10.1. The number of benzene rings is 1. The first-order chi connectivity index (χ1) is 11.7. The Morgan fingerprint density at radius 2 is 2.08 bits per heavy atom. The molecule has 1 unspecified atom stereocenters. The highest BCUT2D eigenvalue weighted by molar-refractivity contribution is 14.0. The first kappa shape index (κ1) is 22.0. The van der Waals surface area contributed by atoms with Gasteiger partial charge in [-0.25, -0.2) is 0 Å². The molecule has 25 heavy (non-hydrogen) atoms. The molecule has 1 aliphatic rings. The van der Waals surface area contributed by atoms with Crippen molar-refractivity contribution in [1.29, 1.82) is 0 Å². The summed E-state index contributed by atoms with van der Waals surface area (Å²) in [4.78, 5) is 9.16. The summed E-state index contributed by atoms with van der Waals surface area (Å²) < 4.78 is 5.21. The molecule has 1 heterocycles. The third-order valence-corrected chi connectivity index (χ3v) is 4.61. The first-order valence-electron chi connectivity index (χ1n) is 8.93. The standard InChI is InChI=1S/C19H32N4O.HI/c1-5-11-23-12-10-17(15-23)13-21-19(20-2)22(3)14-16-6-8-18(24-4)9-7-16;/h6-9,17H,5,10-15H2,1-4H3,(H,20,21);1H. The van der Waals surface area contributed by atoms with E-state index in [4.69, 9.17) is 4.74 Å². The second-order valence-corrected chi connectivity index (χ2v) is 6.59. The van der Waals surface area contributed by atoms with Crippen molar-refractivity contribution >= 4 is 29.9 Å². The van der Waals surface area contributed by atoms with E-state index in [1.807, 2.05) is 19.2 Å². The largest absolute Gasteiger partial charge is 0.497 e. The lowest BCUT2D eigenvalue weighted by molar-refractivity contribution is 0.324. The number of guanidine groups is 1. The van der Waals surface area contributed by atoms with Gasteiger partial charge in [-0.3, -0.25) is 4.99 Å². The molecule has 0 aromatic heterocycles. The molecule has 1 fully saturated rings. The number of aliphatic imine (C=N–C) groups is 1. The minimum absolute atomic E-state index is 0. The van der Waals surface area contributed by atoms with Crippen molar-refractivity contribution in [2.75, 3.05) is 47.4 Å². The van der Waals surface area contributed by atoms with Crippen LogP contribution in [-0.4, -0.2) is 63.1 Å². The van der Waals surface area contributed by atoms with Gasteiger partial charge < -0.3 is 19.9 Å². The van der Waals surface area contributed by atoms with Crippen LogP contribution in [0.1, 0.15) is 25.3 Å². The Morgan fingerprint density at radius 3 is 2.68 bits per heavy atom. The molecule has 0 spiro atoms. The summed E-state index contributed by atoms with van der Waals surface area (Å²) in [7, 11) is 5.63. The van der Waals surface area contributed by atoms with Gasteiger partial charge in [0, 0.05) is 33.7 Å². The molecule has 1 aliphatic heterocycles. The van der Waals surface area contributed by atoms with Crippen LogP contribution in [0.3, 0.4) is 0 Å². The van der Waals surface area contributed by atoms with Crippen LogP contribution in [0.25, 0.3) is 0 Å². The van der Waals surface area contributed by atoms with Crippen LogP contribution in [0.2, 0.25) is 0 Å². The minimum atomic E-state index is 0. The number of hydrogen-bond acceptors (Lipinski definition) is 3. The van der Waals surface area contributed by atoms with E-state index >= 15 is 0 Å². The van der Waals surface area contributed by atoms with E-state index in [0.29, 0.717) is 0 Å².